The summed E-state index contributed by atoms with van der Waals surface area (Å²) >= 11 is 0. The summed E-state index contributed by atoms with van der Waals surface area (Å²) in [5.41, 5.74) is 2.32. The fraction of sp³-hybridized carbons (Fsp3) is 0.278. The van der Waals surface area contributed by atoms with Crippen LogP contribution in [0.4, 0.5) is 0 Å². The van der Waals surface area contributed by atoms with Gasteiger partial charge in [-0.05, 0) is 37.1 Å². The van der Waals surface area contributed by atoms with Crippen LogP contribution in [0.1, 0.15) is 34.5 Å². The summed E-state index contributed by atoms with van der Waals surface area (Å²) in [7, 11) is -2.18. The van der Waals surface area contributed by atoms with Crippen molar-refractivity contribution in [2.75, 3.05) is 13.7 Å². The van der Waals surface area contributed by atoms with Crippen molar-refractivity contribution >= 4 is 15.8 Å². The Morgan fingerprint density at radius 1 is 1.17 bits per heavy atom. The highest BCUT2D eigenvalue weighted by Gasteiger charge is 2.19. The summed E-state index contributed by atoms with van der Waals surface area (Å²) in [5.74, 6) is -0.179. The molecule has 0 radical (unpaired) electrons. The van der Waals surface area contributed by atoms with Gasteiger partial charge in [0.1, 0.15) is 0 Å². The van der Waals surface area contributed by atoms with E-state index in [9.17, 15) is 13.2 Å². The maximum absolute atomic E-state index is 12.5. The lowest BCUT2D eigenvalue weighted by molar-refractivity contribution is 0.101. The molecule has 0 aliphatic heterocycles. The number of ketones is 1. The molecule has 0 heterocycles. The standard InChI is InChI=1S/C18H21NO4S/c1-13-7-4-5-10-17(13)18(23-3)12-19-24(21,22)16-9-6-8-15(11-16)14(2)20/h4-11,18-19H,12H2,1-3H3. The molecule has 1 unspecified atom stereocenters. The maximum Gasteiger partial charge on any atom is 0.240 e. The number of carbonyl (C=O) groups excluding carboxylic acids is 1. The lowest BCUT2D eigenvalue weighted by Crippen LogP contribution is -2.29. The van der Waals surface area contributed by atoms with Crippen LogP contribution in [0.3, 0.4) is 0 Å². The predicted molar refractivity (Wildman–Crippen MR) is 92.6 cm³/mol. The first kappa shape index (κ1) is 18.3. The molecule has 0 aliphatic carbocycles. The first-order chi connectivity index (χ1) is 11.3. The van der Waals surface area contributed by atoms with E-state index in [1.54, 1.807) is 19.2 Å². The molecule has 0 fully saturated rings. The van der Waals surface area contributed by atoms with Crippen LogP contribution >= 0.6 is 0 Å². The smallest absolute Gasteiger partial charge is 0.240 e. The molecule has 0 saturated carbocycles. The molecule has 128 valence electrons. The number of carbonyl (C=O) groups is 1. The quantitative estimate of drug-likeness (QED) is 0.782. The van der Waals surface area contributed by atoms with Crippen LogP contribution in [0.2, 0.25) is 0 Å². The minimum absolute atomic E-state index is 0.0647. The predicted octanol–water partition coefficient (Wildman–Crippen LogP) is 2.86. The largest absolute Gasteiger partial charge is 0.375 e. The Labute approximate surface area is 142 Å². The zero-order chi connectivity index (χ0) is 17.7. The van der Waals surface area contributed by atoms with Crippen molar-refractivity contribution in [2.24, 2.45) is 0 Å². The molecule has 0 aromatic heterocycles. The number of benzene rings is 2. The summed E-state index contributed by atoms with van der Waals surface area (Å²) in [6.45, 7) is 3.46. The van der Waals surface area contributed by atoms with E-state index < -0.39 is 16.1 Å². The molecule has 2 aromatic rings. The summed E-state index contributed by atoms with van der Waals surface area (Å²) in [6.07, 6.45) is -0.392. The van der Waals surface area contributed by atoms with Gasteiger partial charge in [-0.2, -0.15) is 0 Å². The van der Waals surface area contributed by atoms with E-state index in [-0.39, 0.29) is 17.2 Å². The molecule has 1 atom stereocenters. The number of hydrogen-bond donors (Lipinski definition) is 1. The number of sulfonamides is 1. The van der Waals surface area contributed by atoms with Gasteiger partial charge in [0.05, 0.1) is 11.0 Å². The van der Waals surface area contributed by atoms with E-state index >= 15 is 0 Å². The van der Waals surface area contributed by atoms with Gasteiger partial charge in [0.2, 0.25) is 10.0 Å². The molecule has 0 amide bonds. The second-order valence-electron chi connectivity index (χ2n) is 5.52. The number of aryl methyl sites for hydroxylation is 1. The van der Waals surface area contributed by atoms with E-state index in [2.05, 4.69) is 4.72 Å². The molecule has 0 bridgehead atoms. The SMILES string of the molecule is COC(CNS(=O)(=O)c1cccc(C(C)=O)c1)c1ccccc1C. The van der Waals surface area contributed by atoms with Crippen LogP contribution in [0.25, 0.3) is 0 Å². The topological polar surface area (TPSA) is 72.5 Å². The Morgan fingerprint density at radius 2 is 1.88 bits per heavy atom. The lowest BCUT2D eigenvalue weighted by Gasteiger charge is -2.18. The van der Waals surface area contributed by atoms with Gasteiger partial charge in [-0.15, -0.1) is 0 Å². The van der Waals surface area contributed by atoms with Gasteiger partial charge in [0, 0.05) is 19.2 Å². The molecule has 1 N–H and O–H groups in total. The molecule has 0 saturated heterocycles. The van der Waals surface area contributed by atoms with E-state index in [0.717, 1.165) is 11.1 Å². The van der Waals surface area contributed by atoms with Crippen LogP contribution in [0, 0.1) is 6.92 Å². The van der Waals surface area contributed by atoms with Crippen LogP contribution in [0.5, 0.6) is 0 Å². The van der Waals surface area contributed by atoms with Gasteiger partial charge in [-0.25, -0.2) is 13.1 Å². The number of ether oxygens (including phenoxy) is 1. The van der Waals surface area contributed by atoms with Crippen molar-refractivity contribution in [1.82, 2.24) is 4.72 Å². The van der Waals surface area contributed by atoms with E-state index in [4.69, 9.17) is 4.74 Å². The van der Waals surface area contributed by atoms with Crippen molar-refractivity contribution < 1.29 is 17.9 Å². The molecule has 2 rings (SSSR count). The number of hydrogen-bond acceptors (Lipinski definition) is 4. The molecule has 0 aliphatic rings. The number of methoxy groups -OCH3 is 1. The van der Waals surface area contributed by atoms with Gasteiger partial charge >= 0.3 is 0 Å². The number of Topliss-reactive ketones (excluding diaryl/α,β-unsaturated/α-hetero) is 1. The average Bonchev–Trinajstić information content (AvgIpc) is 2.57. The molecule has 5 nitrogen and oxygen atoms in total. The highest BCUT2D eigenvalue weighted by atomic mass is 32.2. The Kier molecular flexibility index (Phi) is 5.88. The Balaban J connectivity index is 2.19. The third-order valence-corrected chi connectivity index (χ3v) is 5.25. The second-order valence-corrected chi connectivity index (χ2v) is 7.28. The summed E-state index contributed by atoms with van der Waals surface area (Å²) in [5, 5.41) is 0. The van der Waals surface area contributed by atoms with E-state index in [0.29, 0.717) is 5.56 Å². The van der Waals surface area contributed by atoms with Gasteiger partial charge < -0.3 is 4.74 Å². The van der Waals surface area contributed by atoms with Crippen molar-refractivity contribution in [2.45, 2.75) is 24.8 Å². The van der Waals surface area contributed by atoms with Crippen LogP contribution in [-0.4, -0.2) is 27.9 Å². The second kappa shape index (κ2) is 7.70. The molecule has 24 heavy (non-hydrogen) atoms. The van der Waals surface area contributed by atoms with Gasteiger partial charge in [0.25, 0.3) is 0 Å². The molecular weight excluding hydrogens is 326 g/mol. The minimum atomic E-state index is -3.72. The fourth-order valence-electron chi connectivity index (χ4n) is 2.42. The normalized spacial score (nSPS) is 12.8. The van der Waals surface area contributed by atoms with Gasteiger partial charge in [-0.3, -0.25) is 4.79 Å². The summed E-state index contributed by atoms with van der Waals surface area (Å²) < 4.78 is 32.9. The monoisotopic (exact) mass is 347 g/mol. The highest BCUT2D eigenvalue weighted by molar-refractivity contribution is 7.89. The molecular formula is C18H21NO4S. The van der Waals surface area contributed by atoms with E-state index in [1.165, 1.54) is 19.1 Å². The first-order valence-corrected chi connectivity index (χ1v) is 9.02. The van der Waals surface area contributed by atoms with Crippen LogP contribution < -0.4 is 4.72 Å². The van der Waals surface area contributed by atoms with Crippen molar-refractivity contribution in [3.05, 3.63) is 65.2 Å². The lowest BCUT2D eigenvalue weighted by atomic mass is 10.0. The average molecular weight is 347 g/mol. The third-order valence-electron chi connectivity index (χ3n) is 3.83. The Bertz CT molecular complexity index is 830. The Hall–Kier alpha value is -2.02. The highest BCUT2D eigenvalue weighted by Crippen LogP contribution is 2.20. The zero-order valence-corrected chi connectivity index (χ0v) is 14.8. The van der Waals surface area contributed by atoms with Crippen molar-refractivity contribution in [1.29, 1.82) is 0 Å². The minimum Gasteiger partial charge on any atom is -0.375 e. The first-order valence-electron chi connectivity index (χ1n) is 7.54. The summed E-state index contributed by atoms with van der Waals surface area (Å²) in [4.78, 5) is 11.5. The third kappa shape index (κ3) is 4.29. The number of nitrogens with one attached hydrogen (secondary N) is 1. The fourth-order valence-corrected chi connectivity index (χ4v) is 3.50. The molecule has 6 heteroatoms. The summed E-state index contributed by atoms with van der Waals surface area (Å²) in [6, 6.07) is 13.7. The van der Waals surface area contributed by atoms with Crippen LogP contribution in [0.15, 0.2) is 53.4 Å². The Morgan fingerprint density at radius 3 is 2.50 bits per heavy atom. The van der Waals surface area contributed by atoms with Crippen molar-refractivity contribution in [3.8, 4) is 0 Å². The number of rotatable bonds is 7. The molecule has 2 aromatic carbocycles. The van der Waals surface area contributed by atoms with Crippen molar-refractivity contribution in [3.63, 3.8) is 0 Å². The maximum atomic E-state index is 12.5. The molecule has 0 spiro atoms. The zero-order valence-electron chi connectivity index (χ0n) is 13.9. The van der Waals surface area contributed by atoms with Crippen LogP contribution in [-0.2, 0) is 14.8 Å². The van der Waals surface area contributed by atoms with Gasteiger partial charge in [0.15, 0.2) is 5.78 Å². The van der Waals surface area contributed by atoms with E-state index in [1.807, 2.05) is 31.2 Å². The van der Waals surface area contributed by atoms with Gasteiger partial charge in [-0.1, -0.05) is 36.4 Å².